The van der Waals surface area contributed by atoms with Crippen molar-refractivity contribution in [2.45, 2.75) is 6.54 Å². The zero-order chi connectivity index (χ0) is 15.4. The minimum Gasteiger partial charge on any atom is -0.478 e. The maximum atomic E-state index is 11.8. The van der Waals surface area contributed by atoms with Gasteiger partial charge in [-0.05, 0) is 34.5 Å². The highest BCUT2D eigenvalue weighted by atomic mass is 35.5. The number of carboxylic acid groups (broad SMARTS) is 1. The summed E-state index contributed by atoms with van der Waals surface area (Å²) in [4.78, 5) is 22.6. The van der Waals surface area contributed by atoms with Crippen LogP contribution >= 0.6 is 34.5 Å². The maximum Gasteiger partial charge on any atom is 0.335 e. The number of halogens is 2. The minimum absolute atomic E-state index is 0.0470. The summed E-state index contributed by atoms with van der Waals surface area (Å²) in [6.45, 7) is 0.373. The molecule has 2 rings (SSSR count). The third-order valence-corrected chi connectivity index (χ3v) is 3.89. The molecule has 0 aliphatic carbocycles. The summed E-state index contributed by atoms with van der Waals surface area (Å²) in [5.74, 6) is -1.15. The number of benzene rings is 1. The van der Waals surface area contributed by atoms with Crippen molar-refractivity contribution in [1.82, 2.24) is 5.32 Å². The summed E-state index contributed by atoms with van der Waals surface area (Å²) in [6, 6.07) is 3.87. The lowest BCUT2D eigenvalue weighted by molar-refractivity contribution is 0.0697. The Morgan fingerprint density at radius 2 is 1.90 bits per heavy atom. The van der Waals surface area contributed by atoms with Crippen LogP contribution in [-0.2, 0) is 6.54 Å². The Labute approximate surface area is 134 Å². The van der Waals surface area contributed by atoms with Gasteiger partial charge < -0.3 is 15.7 Å². The third-order valence-electron chi connectivity index (χ3n) is 2.56. The molecule has 0 fully saturated rings. The van der Waals surface area contributed by atoms with Gasteiger partial charge in [-0.15, -0.1) is 0 Å². The molecule has 2 amide bonds. The lowest BCUT2D eigenvalue weighted by Crippen LogP contribution is -2.28. The van der Waals surface area contributed by atoms with Crippen LogP contribution in [0.1, 0.15) is 15.9 Å². The molecule has 0 aliphatic heterocycles. The summed E-state index contributed by atoms with van der Waals surface area (Å²) in [7, 11) is 0. The molecular weight excluding hydrogens is 335 g/mol. The Balaban J connectivity index is 2.05. The second-order valence-corrected chi connectivity index (χ2v) is 5.65. The van der Waals surface area contributed by atoms with Crippen molar-refractivity contribution in [1.29, 1.82) is 0 Å². The largest absolute Gasteiger partial charge is 0.478 e. The molecule has 0 spiro atoms. The number of carbonyl (C=O) groups excluding carboxylic acids is 1. The predicted molar refractivity (Wildman–Crippen MR) is 83.6 cm³/mol. The lowest BCUT2D eigenvalue weighted by Gasteiger charge is -2.11. The zero-order valence-electron chi connectivity index (χ0n) is 10.5. The Morgan fingerprint density at radius 3 is 2.43 bits per heavy atom. The van der Waals surface area contributed by atoms with Crippen LogP contribution in [0.15, 0.2) is 29.0 Å². The molecule has 1 heterocycles. The van der Waals surface area contributed by atoms with Crippen LogP contribution < -0.4 is 10.6 Å². The van der Waals surface area contributed by atoms with E-state index >= 15 is 0 Å². The molecular formula is C13H10Cl2N2O3S. The first kappa shape index (κ1) is 15.6. The van der Waals surface area contributed by atoms with Crippen molar-refractivity contribution in [3.05, 3.63) is 50.1 Å². The van der Waals surface area contributed by atoms with Gasteiger partial charge in [-0.3, -0.25) is 0 Å². The van der Waals surface area contributed by atoms with Gasteiger partial charge in [-0.1, -0.05) is 23.2 Å². The fourth-order valence-electron chi connectivity index (χ4n) is 1.55. The molecule has 0 aliphatic rings. The monoisotopic (exact) mass is 344 g/mol. The molecule has 0 unspecified atom stereocenters. The van der Waals surface area contributed by atoms with E-state index in [4.69, 9.17) is 28.3 Å². The quantitative estimate of drug-likeness (QED) is 0.781. The molecule has 5 nitrogen and oxygen atoms in total. The van der Waals surface area contributed by atoms with Gasteiger partial charge in [0.25, 0.3) is 0 Å². The molecule has 3 N–H and O–H groups in total. The number of urea groups is 1. The van der Waals surface area contributed by atoms with Crippen molar-refractivity contribution in [2.75, 3.05) is 5.32 Å². The Bertz CT molecular complexity index is 651. The number of carbonyl (C=O) groups is 2. The summed E-state index contributed by atoms with van der Waals surface area (Å²) < 4.78 is 0. The summed E-state index contributed by atoms with van der Waals surface area (Å²) >= 11 is 13.4. The van der Waals surface area contributed by atoms with Crippen LogP contribution in [0.3, 0.4) is 0 Å². The number of thiophene rings is 1. The van der Waals surface area contributed by atoms with Gasteiger partial charge in [0.1, 0.15) is 0 Å². The van der Waals surface area contributed by atoms with E-state index in [0.717, 1.165) is 5.56 Å². The van der Waals surface area contributed by atoms with E-state index < -0.39 is 12.0 Å². The third kappa shape index (κ3) is 4.10. The van der Waals surface area contributed by atoms with E-state index in [-0.39, 0.29) is 21.3 Å². The highest BCUT2D eigenvalue weighted by Crippen LogP contribution is 2.31. The number of nitrogens with one attached hydrogen (secondary N) is 2. The van der Waals surface area contributed by atoms with Crippen LogP contribution in [0.5, 0.6) is 0 Å². The number of carboxylic acids is 1. The fourth-order valence-corrected chi connectivity index (χ4v) is 2.80. The molecule has 0 radical (unpaired) electrons. The van der Waals surface area contributed by atoms with Crippen molar-refractivity contribution >= 4 is 52.2 Å². The first-order valence-electron chi connectivity index (χ1n) is 5.75. The Kier molecular flexibility index (Phi) is 5.06. The fraction of sp³-hybridized carbons (Fsp3) is 0.0769. The first-order valence-corrected chi connectivity index (χ1v) is 7.45. The Morgan fingerprint density at radius 1 is 1.24 bits per heavy atom. The van der Waals surface area contributed by atoms with Gasteiger partial charge in [0, 0.05) is 6.54 Å². The van der Waals surface area contributed by atoms with E-state index in [1.54, 1.807) is 0 Å². The highest BCUT2D eigenvalue weighted by molar-refractivity contribution is 7.07. The number of rotatable bonds is 4. The second-order valence-electron chi connectivity index (χ2n) is 4.06. The van der Waals surface area contributed by atoms with Gasteiger partial charge in [0.15, 0.2) is 0 Å². The summed E-state index contributed by atoms with van der Waals surface area (Å²) in [6.07, 6.45) is 0. The number of hydrogen-bond donors (Lipinski definition) is 3. The average Bonchev–Trinajstić information content (AvgIpc) is 2.93. The smallest absolute Gasteiger partial charge is 0.335 e. The maximum absolute atomic E-state index is 11.8. The second kappa shape index (κ2) is 6.80. The van der Waals surface area contributed by atoms with Gasteiger partial charge >= 0.3 is 12.0 Å². The van der Waals surface area contributed by atoms with Crippen molar-refractivity contribution in [2.24, 2.45) is 0 Å². The summed E-state index contributed by atoms with van der Waals surface area (Å²) in [5.41, 5.74) is 1.11. The van der Waals surface area contributed by atoms with Gasteiger partial charge in [0.05, 0.1) is 21.3 Å². The average molecular weight is 345 g/mol. The number of anilines is 1. The van der Waals surface area contributed by atoms with Crippen LogP contribution in [-0.4, -0.2) is 17.1 Å². The van der Waals surface area contributed by atoms with E-state index in [9.17, 15) is 9.59 Å². The molecule has 21 heavy (non-hydrogen) atoms. The van der Waals surface area contributed by atoms with Gasteiger partial charge in [-0.25, -0.2) is 9.59 Å². The van der Waals surface area contributed by atoms with Crippen molar-refractivity contribution in [3.8, 4) is 0 Å². The van der Waals surface area contributed by atoms with Crippen LogP contribution in [0.25, 0.3) is 0 Å². The number of amides is 2. The first-order chi connectivity index (χ1) is 9.97. The minimum atomic E-state index is -1.15. The number of aromatic carboxylic acids is 1. The lowest BCUT2D eigenvalue weighted by atomic mass is 10.2. The van der Waals surface area contributed by atoms with Crippen LogP contribution in [0.2, 0.25) is 10.0 Å². The van der Waals surface area contributed by atoms with Crippen molar-refractivity contribution < 1.29 is 14.7 Å². The molecule has 8 heteroatoms. The van der Waals surface area contributed by atoms with Gasteiger partial charge in [-0.2, -0.15) is 11.3 Å². The SMILES string of the molecule is O=C(NCc1ccsc1)Nc1c(Cl)cc(C(=O)O)cc1Cl. The molecule has 110 valence electrons. The van der Waals surface area contributed by atoms with Gasteiger partial charge in [0.2, 0.25) is 0 Å². The van der Waals surface area contributed by atoms with E-state index in [2.05, 4.69) is 10.6 Å². The molecule has 0 atom stereocenters. The van der Waals surface area contributed by atoms with Crippen LogP contribution in [0.4, 0.5) is 10.5 Å². The molecule has 0 bridgehead atoms. The number of hydrogen-bond acceptors (Lipinski definition) is 3. The summed E-state index contributed by atoms with van der Waals surface area (Å²) in [5, 5.41) is 18.0. The van der Waals surface area contributed by atoms with E-state index in [1.807, 2.05) is 16.8 Å². The molecule has 2 aromatic rings. The highest BCUT2D eigenvalue weighted by Gasteiger charge is 2.14. The molecule has 1 aromatic heterocycles. The predicted octanol–water partition coefficient (Wildman–Crippen LogP) is 4.07. The topological polar surface area (TPSA) is 78.4 Å². The molecule has 0 saturated heterocycles. The molecule has 1 aromatic carbocycles. The normalized spacial score (nSPS) is 10.2. The zero-order valence-corrected chi connectivity index (χ0v) is 12.9. The van der Waals surface area contributed by atoms with E-state index in [1.165, 1.54) is 23.5 Å². The van der Waals surface area contributed by atoms with Crippen molar-refractivity contribution in [3.63, 3.8) is 0 Å². The van der Waals surface area contributed by atoms with E-state index in [0.29, 0.717) is 6.54 Å². The van der Waals surface area contributed by atoms with Crippen LogP contribution in [0, 0.1) is 0 Å². The molecule has 0 saturated carbocycles. The Hall–Kier alpha value is -1.76. The standard InChI is InChI=1S/C13H10Cl2N2O3S/c14-9-3-8(12(18)19)4-10(15)11(9)17-13(20)16-5-7-1-2-21-6-7/h1-4,6H,5H2,(H,18,19)(H2,16,17,20).